The number of thiocarbonyl (C=S) groups is 1. The predicted molar refractivity (Wildman–Crippen MR) is 77.4 cm³/mol. The molecule has 0 aliphatic carbocycles. The van der Waals surface area contributed by atoms with Gasteiger partial charge in [-0.15, -0.1) is 0 Å². The fourth-order valence-corrected chi connectivity index (χ4v) is 1.83. The highest BCUT2D eigenvalue weighted by Crippen LogP contribution is 2.25. The van der Waals surface area contributed by atoms with Crippen LogP contribution in [0.5, 0.6) is 0 Å². The molecule has 0 amide bonds. The smallest absolute Gasteiger partial charge is 0.331 e. The second-order valence-electron chi connectivity index (χ2n) is 4.80. The average Bonchev–Trinajstić information content (AvgIpc) is 2.54. The van der Waals surface area contributed by atoms with Crippen LogP contribution >= 0.6 is 12.2 Å². The summed E-state index contributed by atoms with van der Waals surface area (Å²) in [6.07, 6.45) is 0. The highest BCUT2D eigenvalue weighted by atomic mass is 32.1. The molecule has 0 aromatic carbocycles. The van der Waals surface area contributed by atoms with Crippen molar-refractivity contribution >= 4 is 29.0 Å². The van der Waals surface area contributed by atoms with Crippen molar-refractivity contribution in [2.24, 2.45) is 10.9 Å². The Kier molecular flexibility index (Phi) is 5.19. The van der Waals surface area contributed by atoms with Gasteiger partial charge in [0.25, 0.3) is 0 Å². The lowest BCUT2D eigenvalue weighted by atomic mass is 9.89. The van der Waals surface area contributed by atoms with E-state index < -0.39 is 5.97 Å². The molecule has 1 aliphatic rings. The van der Waals surface area contributed by atoms with Crippen LogP contribution in [-0.2, 0) is 4.79 Å². The zero-order valence-corrected chi connectivity index (χ0v) is 12.3. The Bertz CT molecular complexity index is 441. The van der Waals surface area contributed by atoms with Crippen LogP contribution in [0.15, 0.2) is 16.1 Å². The fraction of sp³-hybridized carbons (Fsp3) is 0.583. The quantitative estimate of drug-likeness (QED) is 0.540. The van der Waals surface area contributed by atoms with Gasteiger partial charge >= 0.3 is 5.97 Å². The number of hydrogen-bond acceptors (Lipinski definition) is 4. The van der Waals surface area contributed by atoms with Gasteiger partial charge in [0.2, 0.25) is 0 Å². The number of hydrogen-bond donors (Lipinski definition) is 3. The predicted octanol–water partition coefficient (Wildman–Crippen LogP) is 2.31. The van der Waals surface area contributed by atoms with E-state index in [1.54, 1.807) is 13.8 Å². The molecule has 1 unspecified atom stereocenters. The molecule has 0 aromatic heterocycles. The third kappa shape index (κ3) is 2.76. The van der Waals surface area contributed by atoms with Gasteiger partial charge in [0.05, 0.1) is 5.54 Å². The minimum absolute atomic E-state index is 0. The lowest BCUT2D eigenvalue weighted by Crippen LogP contribution is -2.49. The lowest BCUT2D eigenvalue weighted by molar-refractivity contribution is -0.132. The summed E-state index contributed by atoms with van der Waals surface area (Å²) in [6.45, 7) is 9.40. The molecule has 0 radical (unpaired) electrons. The van der Waals surface area contributed by atoms with Crippen molar-refractivity contribution in [2.45, 2.75) is 40.2 Å². The Balaban J connectivity index is 0.00000289. The molecule has 1 atom stereocenters. The number of aliphatic imine (C=N–C) groups is 1. The van der Waals surface area contributed by atoms with Crippen LogP contribution in [0.4, 0.5) is 0 Å². The van der Waals surface area contributed by atoms with Gasteiger partial charge in [-0.1, -0.05) is 26.1 Å². The summed E-state index contributed by atoms with van der Waals surface area (Å²) >= 11 is 5.26. The standard InChI is InChI=1S/C12H18N2O2S.H3N/c1-6(2)12(5)11(17)13-9(14-12)7(3)8(4)10(15)16;/h6H,1-5H3,(H,15,16)(H,13,14,17);1H3/b8-7-;. The summed E-state index contributed by atoms with van der Waals surface area (Å²) in [5.74, 6) is -0.0728. The maximum absolute atomic E-state index is 10.9. The molecule has 0 fully saturated rings. The Morgan fingerprint density at radius 2 is 1.94 bits per heavy atom. The van der Waals surface area contributed by atoms with Gasteiger partial charge in [-0.25, -0.2) is 9.79 Å². The molecular formula is C12H21N3O2S. The van der Waals surface area contributed by atoms with Crippen LogP contribution in [-0.4, -0.2) is 27.4 Å². The van der Waals surface area contributed by atoms with Gasteiger partial charge in [-0.05, 0) is 26.7 Å². The van der Waals surface area contributed by atoms with Crippen molar-refractivity contribution in [3.8, 4) is 0 Å². The molecule has 0 bridgehead atoms. The van der Waals surface area contributed by atoms with E-state index in [-0.39, 0.29) is 23.2 Å². The SMILES string of the molecule is C/C(C(=O)O)=C(\C)C1=NC(=S)C(C)(C(C)C)N1.N. The van der Waals surface area contributed by atoms with Crippen molar-refractivity contribution in [1.29, 1.82) is 0 Å². The monoisotopic (exact) mass is 271 g/mol. The van der Waals surface area contributed by atoms with Crippen molar-refractivity contribution in [2.75, 3.05) is 0 Å². The zero-order valence-electron chi connectivity index (χ0n) is 11.5. The largest absolute Gasteiger partial charge is 0.478 e. The molecule has 102 valence electrons. The Hall–Kier alpha value is -1.27. The molecule has 1 aliphatic heterocycles. The number of nitrogens with zero attached hydrogens (tertiary/aromatic N) is 1. The first-order valence-electron chi connectivity index (χ1n) is 5.52. The minimum atomic E-state index is -0.934. The maximum atomic E-state index is 10.9. The topological polar surface area (TPSA) is 96.7 Å². The molecule has 1 heterocycles. The molecular weight excluding hydrogens is 250 g/mol. The van der Waals surface area contributed by atoms with E-state index in [1.165, 1.54) is 0 Å². The van der Waals surface area contributed by atoms with Gasteiger partial charge in [0.1, 0.15) is 10.8 Å². The third-order valence-electron chi connectivity index (χ3n) is 3.43. The first kappa shape index (κ1) is 16.7. The van der Waals surface area contributed by atoms with E-state index in [0.29, 0.717) is 16.4 Å². The fourth-order valence-electron chi connectivity index (χ4n) is 1.45. The second kappa shape index (κ2) is 5.58. The van der Waals surface area contributed by atoms with Crippen LogP contribution in [0, 0.1) is 5.92 Å². The van der Waals surface area contributed by atoms with Gasteiger partial charge < -0.3 is 16.6 Å². The summed E-state index contributed by atoms with van der Waals surface area (Å²) in [6, 6.07) is 0. The van der Waals surface area contributed by atoms with Crippen molar-refractivity contribution in [1.82, 2.24) is 11.5 Å². The summed E-state index contributed by atoms with van der Waals surface area (Å²) in [7, 11) is 0. The van der Waals surface area contributed by atoms with Gasteiger partial charge in [-0.2, -0.15) is 0 Å². The first-order valence-corrected chi connectivity index (χ1v) is 5.93. The van der Waals surface area contributed by atoms with Crippen molar-refractivity contribution in [3.05, 3.63) is 11.1 Å². The molecule has 5 nitrogen and oxygen atoms in total. The van der Waals surface area contributed by atoms with Crippen molar-refractivity contribution < 1.29 is 9.90 Å². The normalized spacial score (nSPS) is 24.1. The van der Waals surface area contributed by atoms with E-state index >= 15 is 0 Å². The van der Waals surface area contributed by atoms with E-state index in [9.17, 15) is 4.79 Å². The Labute approximate surface area is 113 Å². The number of rotatable bonds is 3. The molecule has 1 rings (SSSR count). The summed E-state index contributed by atoms with van der Waals surface area (Å²) in [5.41, 5.74) is 0.543. The van der Waals surface area contributed by atoms with Gasteiger partial charge in [-0.3, -0.25) is 0 Å². The second-order valence-corrected chi connectivity index (χ2v) is 5.19. The first-order chi connectivity index (χ1) is 7.70. The van der Waals surface area contributed by atoms with Crippen LogP contribution in [0.1, 0.15) is 34.6 Å². The Morgan fingerprint density at radius 1 is 1.44 bits per heavy atom. The van der Waals surface area contributed by atoms with Gasteiger partial charge in [0.15, 0.2) is 0 Å². The summed E-state index contributed by atoms with van der Waals surface area (Å²) < 4.78 is 0. The summed E-state index contributed by atoms with van der Waals surface area (Å²) in [4.78, 5) is 15.8. The van der Waals surface area contributed by atoms with Crippen LogP contribution in [0.2, 0.25) is 0 Å². The molecule has 0 aromatic rings. The molecule has 0 saturated carbocycles. The van der Waals surface area contributed by atoms with E-state index in [2.05, 4.69) is 24.2 Å². The number of nitrogens with one attached hydrogen (secondary N) is 1. The zero-order chi connectivity index (χ0) is 13.4. The summed E-state index contributed by atoms with van der Waals surface area (Å²) in [5, 5.41) is 12.2. The number of amidine groups is 1. The number of carboxylic acids is 1. The Morgan fingerprint density at radius 3 is 2.28 bits per heavy atom. The minimum Gasteiger partial charge on any atom is -0.478 e. The average molecular weight is 271 g/mol. The molecule has 18 heavy (non-hydrogen) atoms. The number of carboxylic acid groups (broad SMARTS) is 1. The van der Waals surface area contributed by atoms with Crippen molar-refractivity contribution in [3.63, 3.8) is 0 Å². The molecule has 5 N–H and O–H groups in total. The molecule has 0 saturated heterocycles. The van der Waals surface area contributed by atoms with Crippen LogP contribution in [0.3, 0.4) is 0 Å². The third-order valence-corrected chi connectivity index (χ3v) is 3.94. The lowest BCUT2D eigenvalue weighted by Gasteiger charge is -2.29. The van der Waals surface area contributed by atoms with E-state index in [4.69, 9.17) is 17.3 Å². The number of aliphatic carboxylic acids is 1. The highest BCUT2D eigenvalue weighted by molar-refractivity contribution is 7.80. The molecule has 6 heteroatoms. The number of carbonyl (C=O) groups is 1. The molecule has 0 spiro atoms. The van der Waals surface area contributed by atoms with Crippen LogP contribution in [0.25, 0.3) is 0 Å². The maximum Gasteiger partial charge on any atom is 0.331 e. The van der Waals surface area contributed by atoms with Crippen LogP contribution < -0.4 is 11.5 Å². The van der Waals surface area contributed by atoms with E-state index in [0.717, 1.165) is 0 Å². The van der Waals surface area contributed by atoms with Gasteiger partial charge in [0, 0.05) is 11.1 Å². The highest BCUT2D eigenvalue weighted by Gasteiger charge is 2.39. The van der Waals surface area contributed by atoms with E-state index in [1.807, 2.05) is 6.92 Å².